The van der Waals surface area contributed by atoms with Gasteiger partial charge in [0, 0.05) is 20.7 Å². The van der Waals surface area contributed by atoms with E-state index in [0.717, 1.165) is 18.3 Å². The number of nitrogens with two attached hydrogens (primary N) is 1. The van der Waals surface area contributed by atoms with Crippen molar-refractivity contribution >= 4 is 25.5 Å². The lowest BCUT2D eigenvalue weighted by Gasteiger charge is -2.15. The highest BCUT2D eigenvalue weighted by atomic mass is 35.5. The number of hydrogen-bond acceptors (Lipinski definition) is 3. The number of aromatic nitrogens is 2. The molecule has 0 bridgehead atoms. The second-order valence-corrected chi connectivity index (χ2v) is 10.9. The number of ether oxygens (including phenoxy) is 1. The van der Waals surface area contributed by atoms with Gasteiger partial charge in [0.2, 0.25) is 0 Å². The largest absolute Gasteiger partial charge is 0.382 e. The average molecular weight is 262 g/mol. The lowest BCUT2D eigenvalue weighted by molar-refractivity contribution is 0.0772. The van der Waals surface area contributed by atoms with Crippen LogP contribution in [0.5, 0.6) is 0 Å². The molecular formula is C10H20ClN3OSi. The smallest absolute Gasteiger partial charge is 0.145 e. The maximum absolute atomic E-state index is 5.77. The van der Waals surface area contributed by atoms with Crippen LogP contribution in [-0.4, -0.2) is 24.5 Å². The van der Waals surface area contributed by atoms with Crippen molar-refractivity contribution in [2.75, 3.05) is 12.3 Å². The van der Waals surface area contributed by atoms with Crippen molar-refractivity contribution in [3.8, 4) is 0 Å². The van der Waals surface area contributed by atoms with Gasteiger partial charge in [0.15, 0.2) is 0 Å². The van der Waals surface area contributed by atoms with Crippen LogP contribution < -0.4 is 5.73 Å². The number of nitrogen functional groups attached to an aromatic ring is 1. The molecule has 1 heterocycles. The van der Waals surface area contributed by atoms with Gasteiger partial charge in [-0.3, -0.25) is 0 Å². The van der Waals surface area contributed by atoms with Gasteiger partial charge in [0.25, 0.3) is 0 Å². The highest BCUT2D eigenvalue weighted by Crippen LogP contribution is 2.11. The minimum atomic E-state index is -1.02. The molecule has 0 aliphatic carbocycles. The normalized spacial score (nSPS) is 12.0. The Kier molecular flexibility index (Phi) is 4.82. The zero-order valence-corrected chi connectivity index (χ0v) is 11.9. The first-order chi connectivity index (χ1) is 7.42. The van der Waals surface area contributed by atoms with Crippen LogP contribution in [0.1, 0.15) is 5.69 Å². The van der Waals surface area contributed by atoms with E-state index >= 15 is 0 Å². The van der Waals surface area contributed by atoms with Crippen molar-refractivity contribution in [2.45, 2.75) is 38.3 Å². The molecule has 0 aliphatic heterocycles. The molecule has 0 atom stereocenters. The zero-order chi connectivity index (χ0) is 12.2. The number of alkyl halides is 1. The maximum atomic E-state index is 5.77. The summed E-state index contributed by atoms with van der Waals surface area (Å²) in [5, 5.41) is 4.11. The summed E-state index contributed by atoms with van der Waals surface area (Å²) in [5.74, 6) is 0.895. The number of nitrogens with zero attached hydrogens (tertiary/aromatic N) is 2. The summed E-state index contributed by atoms with van der Waals surface area (Å²) in [4.78, 5) is 0. The third kappa shape index (κ3) is 4.55. The fraction of sp³-hybridized carbons (Fsp3) is 0.700. The van der Waals surface area contributed by atoms with Gasteiger partial charge in [-0.1, -0.05) is 19.6 Å². The fourth-order valence-corrected chi connectivity index (χ4v) is 2.20. The monoisotopic (exact) mass is 261 g/mol. The topological polar surface area (TPSA) is 53.1 Å². The Balaban J connectivity index is 2.37. The number of halogens is 1. The molecule has 0 saturated heterocycles. The van der Waals surface area contributed by atoms with Crippen LogP contribution in [0.4, 0.5) is 5.82 Å². The summed E-state index contributed by atoms with van der Waals surface area (Å²) in [6, 6.07) is 2.93. The van der Waals surface area contributed by atoms with Crippen LogP contribution in [0.3, 0.4) is 0 Å². The van der Waals surface area contributed by atoms with Gasteiger partial charge in [-0.2, -0.15) is 5.10 Å². The molecule has 16 heavy (non-hydrogen) atoms. The minimum Gasteiger partial charge on any atom is -0.382 e. The molecular weight excluding hydrogens is 242 g/mol. The average Bonchev–Trinajstić information content (AvgIpc) is 2.52. The molecule has 6 heteroatoms. The van der Waals surface area contributed by atoms with Crippen molar-refractivity contribution < 1.29 is 4.74 Å². The lowest BCUT2D eigenvalue weighted by atomic mass is 10.5. The molecule has 0 unspecified atom stereocenters. The van der Waals surface area contributed by atoms with Crippen molar-refractivity contribution in [3.63, 3.8) is 0 Å². The molecule has 1 aromatic rings. The van der Waals surface area contributed by atoms with Crippen LogP contribution in [0.25, 0.3) is 0 Å². The number of anilines is 1. The molecule has 0 aliphatic rings. The Bertz CT molecular complexity index is 335. The Hall–Kier alpha value is -0.523. The summed E-state index contributed by atoms with van der Waals surface area (Å²) in [6.45, 7) is 8.19. The molecule has 0 spiro atoms. The highest BCUT2D eigenvalue weighted by Gasteiger charge is 2.12. The summed E-state index contributed by atoms with van der Waals surface area (Å²) in [7, 11) is -1.02. The molecule has 2 N–H and O–H groups in total. The van der Waals surface area contributed by atoms with Gasteiger partial charge in [-0.25, -0.2) is 4.68 Å². The van der Waals surface area contributed by atoms with Crippen LogP contribution in [0, 0.1) is 0 Å². The number of hydrogen-bond donors (Lipinski definition) is 1. The van der Waals surface area contributed by atoms with E-state index in [-0.39, 0.29) is 0 Å². The van der Waals surface area contributed by atoms with Crippen LogP contribution >= 0.6 is 11.6 Å². The second kappa shape index (κ2) is 5.70. The first kappa shape index (κ1) is 13.5. The maximum Gasteiger partial charge on any atom is 0.145 e. The predicted octanol–water partition coefficient (Wildman–Crippen LogP) is 2.52. The van der Waals surface area contributed by atoms with Crippen molar-refractivity contribution in [2.24, 2.45) is 0 Å². The summed E-state index contributed by atoms with van der Waals surface area (Å²) in [6.07, 6.45) is 0. The molecule has 92 valence electrons. The summed E-state index contributed by atoms with van der Waals surface area (Å²) in [5.41, 5.74) is 6.48. The van der Waals surface area contributed by atoms with Gasteiger partial charge in [0.1, 0.15) is 12.5 Å². The van der Waals surface area contributed by atoms with Crippen molar-refractivity contribution in [1.82, 2.24) is 9.78 Å². The Morgan fingerprint density at radius 2 is 2.19 bits per heavy atom. The van der Waals surface area contributed by atoms with E-state index < -0.39 is 8.07 Å². The van der Waals surface area contributed by atoms with E-state index in [4.69, 9.17) is 22.1 Å². The molecule has 4 nitrogen and oxygen atoms in total. The molecule has 0 amide bonds. The fourth-order valence-electron chi connectivity index (χ4n) is 1.23. The predicted molar refractivity (Wildman–Crippen MR) is 70.3 cm³/mol. The second-order valence-electron chi connectivity index (χ2n) is 5.04. The number of rotatable bonds is 6. The molecule has 1 aromatic heterocycles. The summed E-state index contributed by atoms with van der Waals surface area (Å²) < 4.78 is 7.29. The van der Waals surface area contributed by atoms with Crippen LogP contribution in [0.2, 0.25) is 25.7 Å². The SMILES string of the molecule is C[Si](C)(C)CCOCn1nc(N)cc1CCl. The van der Waals surface area contributed by atoms with Gasteiger partial charge >= 0.3 is 0 Å². The lowest BCUT2D eigenvalue weighted by Crippen LogP contribution is -2.22. The molecule has 0 radical (unpaired) electrons. The van der Waals surface area contributed by atoms with Gasteiger partial charge < -0.3 is 10.5 Å². The molecule has 0 aromatic carbocycles. The minimum absolute atomic E-state index is 0.404. The van der Waals surface area contributed by atoms with E-state index in [1.807, 2.05) is 0 Å². The van der Waals surface area contributed by atoms with Crippen LogP contribution in [-0.2, 0) is 17.3 Å². The Morgan fingerprint density at radius 1 is 1.50 bits per heavy atom. The Labute approximate surface area is 103 Å². The molecule has 0 saturated carbocycles. The first-order valence-electron chi connectivity index (χ1n) is 5.38. The summed E-state index contributed by atoms with van der Waals surface area (Å²) >= 11 is 5.77. The third-order valence-electron chi connectivity index (χ3n) is 2.23. The van der Waals surface area contributed by atoms with Gasteiger partial charge in [0.05, 0.1) is 11.6 Å². The highest BCUT2D eigenvalue weighted by molar-refractivity contribution is 6.76. The Morgan fingerprint density at radius 3 is 2.75 bits per heavy atom. The van der Waals surface area contributed by atoms with Gasteiger partial charge in [-0.05, 0) is 6.04 Å². The van der Waals surface area contributed by atoms with Gasteiger partial charge in [-0.15, -0.1) is 11.6 Å². The quantitative estimate of drug-likeness (QED) is 0.486. The van der Waals surface area contributed by atoms with Crippen LogP contribution in [0.15, 0.2) is 6.07 Å². The van der Waals surface area contributed by atoms with Crippen molar-refractivity contribution in [3.05, 3.63) is 11.8 Å². The van der Waals surface area contributed by atoms with E-state index in [2.05, 4.69) is 24.7 Å². The molecule has 1 rings (SSSR count). The first-order valence-corrected chi connectivity index (χ1v) is 9.62. The van der Waals surface area contributed by atoms with E-state index in [1.54, 1.807) is 10.7 Å². The van der Waals surface area contributed by atoms with E-state index in [9.17, 15) is 0 Å². The van der Waals surface area contributed by atoms with Crippen molar-refractivity contribution in [1.29, 1.82) is 0 Å². The zero-order valence-electron chi connectivity index (χ0n) is 10.2. The molecule has 0 fully saturated rings. The standard InChI is InChI=1S/C10H20ClN3OSi/c1-16(2,3)5-4-15-8-14-9(7-11)6-10(12)13-14/h6H,4-5,7-8H2,1-3H3,(H2,12,13). The van der Waals surface area contributed by atoms with E-state index in [1.165, 1.54) is 0 Å². The third-order valence-corrected chi connectivity index (χ3v) is 4.21. The van der Waals surface area contributed by atoms with E-state index in [0.29, 0.717) is 18.4 Å².